The van der Waals surface area contributed by atoms with Gasteiger partial charge in [0.1, 0.15) is 4.90 Å². The lowest BCUT2D eigenvalue weighted by molar-refractivity contribution is 0.432. The SMILES string of the molecule is Cc1cc(C)n(-c2ncccc2NS(=O)(=O)c2ccc(F)c(F)c2F)n1. The van der Waals surface area contributed by atoms with Crippen molar-refractivity contribution < 1.29 is 21.6 Å². The normalized spacial score (nSPS) is 11.6. The van der Waals surface area contributed by atoms with Crippen LogP contribution in [0.3, 0.4) is 0 Å². The smallest absolute Gasteiger partial charge is 0.265 e. The predicted octanol–water partition coefficient (Wildman–Crippen LogP) is 3.10. The molecule has 1 N–H and O–H groups in total. The maximum absolute atomic E-state index is 13.9. The van der Waals surface area contributed by atoms with Crippen LogP contribution in [0.5, 0.6) is 0 Å². The summed E-state index contributed by atoms with van der Waals surface area (Å²) in [7, 11) is -4.53. The van der Waals surface area contributed by atoms with Crippen molar-refractivity contribution in [2.45, 2.75) is 18.7 Å². The molecule has 0 saturated carbocycles. The molecule has 0 radical (unpaired) electrons. The molecule has 136 valence electrons. The molecule has 0 aliphatic rings. The Balaban J connectivity index is 2.07. The van der Waals surface area contributed by atoms with Crippen molar-refractivity contribution in [3.63, 3.8) is 0 Å². The number of aryl methyl sites for hydroxylation is 2. The van der Waals surface area contributed by atoms with E-state index >= 15 is 0 Å². The lowest BCUT2D eigenvalue weighted by Crippen LogP contribution is -2.18. The first-order chi connectivity index (χ1) is 12.2. The molecule has 0 aliphatic heterocycles. The van der Waals surface area contributed by atoms with Crippen molar-refractivity contribution in [2.75, 3.05) is 4.72 Å². The molecule has 0 unspecified atom stereocenters. The number of halogens is 3. The van der Waals surface area contributed by atoms with Crippen LogP contribution in [-0.4, -0.2) is 23.2 Å². The highest BCUT2D eigenvalue weighted by atomic mass is 32.2. The first-order valence-electron chi connectivity index (χ1n) is 7.35. The number of nitrogens with zero attached hydrogens (tertiary/aromatic N) is 3. The molecular weight excluding hydrogens is 369 g/mol. The fourth-order valence-corrected chi connectivity index (χ4v) is 3.54. The summed E-state index contributed by atoms with van der Waals surface area (Å²) in [5.41, 5.74) is 1.39. The zero-order chi connectivity index (χ0) is 19.1. The number of nitrogens with one attached hydrogen (secondary N) is 1. The van der Waals surface area contributed by atoms with Gasteiger partial charge in [-0.15, -0.1) is 0 Å². The molecule has 1 aromatic carbocycles. The van der Waals surface area contributed by atoms with E-state index in [1.165, 1.54) is 23.0 Å². The van der Waals surface area contributed by atoms with Crippen molar-refractivity contribution in [3.8, 4) is 5.82 Å². The van der Waals surface area contributed by atoms with Gasteiger partial charge in [0.15, 0.2) is 23.3 Å². The second-order valence-corrected chi connectivity index (χ2v) is 7.14. The van der Waals surface area contributed by atoms with Crippen molar-refractivity contribution in [3.05, 3.63) is 65.4 Å². The minimum atomic E-state index is -4.53. The Morgan fingerprint density at radius 3 is 2.46 bits per heavy atom. The zero-order valence-corrected chi connectivity index (χ0v) is 14.5. The molecule has 0 amide bonds. The summed E-state index contributed by atoms with van der Waals surface area (Å²) in [6, 6.07) is 5.82. The van der Waals surface area contributed by atoms with E-state index in [0.29, 0.717) is 23.5 Å². The molecule has 3 aromatic rings. The monoisotopic (exact) mass is 382 g/mol. The molecule has 10 heteroatoms. The van der Waals surface area contributed by atoms with Gasteiger partial charge in [0.05, 0.1) is 11.4 Å². The van der Waals surface area contributed by atoms with Crippen molar-refractivity contribution in [1.82, 2.24) is 14.8 Å². The highest BCUT2D eigenvalue weighted by Crippen LogP contribution is 2.25. The predicted molar refractivity (Wildman–Crippen MR) is 88.0 cm³/mol. The number of pyridine rings is 1. The van der Waals surface area contributed by atoms with Gasteiger partial charge in [-0.3, -0.25) is 4.72 Å². The summed E-state index contributed by atoms with van der Waals surface area (Å²) in [5, 5.41) is 4.22. The lowest BCUT2D eigenvalue weighted by Gasteiger charge is -2.13. The summed E-state index contributed by atoms with van der Waals surface area (Å²) in [4.78, 5) is 3.09. The zero-order valence-electron chi connectivity index (χ0n) is 13.7. The Kier molecular flexibility index (Phi) is 4.45. The van der Waals surface area contributed by atoms with E-state index in [1.54, 1.807) is 19.9 Å². The third kappa shape index (κ3) is 3.15. The molecule has 0 aliphatic carbocycles. The fourth-order valence-electron chi connectivity index (χ4n) is 2.40. The fraction of sp³-hybridized carbons (Fsp3) is 0.125. The number of hydrogen-bond donors (Lipinski definition) is 1. The van der Waals surface area contributed by atoms with Gasteiger partial charge < -0.3 is 0 Å². The summed E-state index contributed by atoms with van der Waals surface area (Å²) < 4.78 is 68.8. The number of benzene rings is 1. The van der Waals surface area contributed by atoms with Gasteiger partial charge in [-0.05, 0) is 44.2 Å². The number of hydrogen-bond acceptors (Lipinski definition) is 4. The van der Waals surface area contributed by atoms with Crippen LogP contribution in [0.2, 0.25) is 0 Å². The van der Waals surface area contributed by atoms with Crippen LogP contribution in [0.25, 0.3) is 5.82 Å². The minimum Gasteiger partial charge on any atom is -0.276 e. The van der Waals surface area contributed by atoms with Gasteiger partial charge >= 0.3 is 0 Å². The van der Waals surface area contributed by atoms with Crippen molar-refractivity contribution in [2.24, 2.45) is 0 Å². The van der Waals surface area contributed by atoms with Crippen LogP contribution in [0.1, 0.15) is 11.4 Å². The van der Waals surface area contributed by atoms with E-state index in [1.807, 2.05) is 0 Å². The Labute approximate surface area is 147 Å². The number of sulfonamides is 1. The topological polar surface area (TPSA) is 76.9 Å². The lowest BCUT2D eigenvalue weighted by atomic mass is 10.3. The second-order valence-electron chi connectivity index (χ2n) is 5.49. The summed E-state index contributed by atoms with van der Waals surface area (Å²) >= 11 is 0. The Bertz CT molecular complexity index is 1100. The molecule has 0 atom stereocenters. The van der Waals surface area contributed by atoms with Crippen LogP contribution >= 0.6 is 0 Å². The Hall–Kier alpha value is -2.88. The van der Waals surface area contributed by atoms with Crippen LogP contribution < -0.4 is 4.72 Å². The van der Waals surface area contributed by atoms with Gasteiger partial charge in [0.25, 0.3) is 10.0 Å². The average molecular weight is 382 g/mol. The number of aromatic nitrogens is 3. The molecule has 6 nitrogen and oxygen atoms in total. The van der Waals surface area contributed by atoms with Crippen LogP contribution in [-0.2, 0) is 10.0 Å². The Morgan fingerprint density at radius 2 is 1.81 bits per heavy atom. The van der Waals surface area contributed by atoms with E-state index in [4.69, 9.17) is 0 Å². The van der Waals surface area contributed by atoms with Crippen molar-refractivity contribution >= 4 is 15.7 Å². The summed E-state index contributed by atoms with van der Waals surface area (Å²) in [6.07, 6.45) is 1.43. The van der Waals surface area contributed by atoms with Gasteiger partial charge in [-0.1, -0.05) is 0 Å². The highest BCUT2D eigenvalue weighted by molar-refractivity contribution is 7.92. The van der Waals surface area contributed by atoms with E-state index in [9.17, 15) is 21.6 Å². The third-order valence-corrected chi connectivity index (χ3v) is 4.91. The largest absolute Gasteiger partial charge is 0.276 e. The quantitative estimate of drug-likeness (QED) is 0.704. The molecule has 0 fully saturated rings. The molecule has 0 spiro atoms. The Morgan fingerprint density at radius 1 is 1.08 bits per heavy atom. The molecule has 2 heterocycles. The molecular formula is C16H13F3N4O2S. The van der Waals surface area contributed by atoms with Gasteiger partial charge in [0, 0.05) is 11.9 Å². The third-order valence-electron chi connectivity index (χ3n) is 3.53. The molecule has 26 heavy (non-hydrogen) atoms. The first-order valence-corrected chi connectivity index (χ1v) is 8.84. The molecule has 3 rings (SSSR count). The molecule has 0 bridgehead atoms. The molecule has 0 saturated heterocycles. The van der Waals surface area contributed by atoms with Crippen LogP contribution in [0.15, 0.2) is 41.4 Å². The van der Waals surface area contributed by atoms with Gasteiger partial charge in [0.2, 0.25) is 0 Å². The van der Waals surface area contributed by atoms with Crippen LogP contribution in [0, 0.1) is 31.3 Å². The van der Waals surface area contributed by atoms with Crippen molar-refractivity contribution in [1.29, 1.82) is 0 Å². The van der Waals surface area contributed by atoms with E-state index in [-0.39, 0.29) is 11.5 Å². The van der Waals surface area contributed by atoms with E-state index in [2.05, 4.69) is 14.8 Å². The maximum atomic E-state index is 13.9. The minimum absolute atomic E-state index is 0.00262. The standard InChI is InChI=1S/C16H13F3N4O2S/c1-9-8-10(2)23(21-9)16-12(4-3-7-20-16)22-26(24,25)13-6-5-11(17)14(18)15(13)19/h3-8,22H,1-2H3. The highest BCUT2D eigenvalue weighted by Gasteiger charge is 2.25. The maximum Gasteiger partial charge on any atom is 0.265 e. The van der Waals surface area contributed by atoms with Crippen LogP contribution in [0.4, 0.5) is 18.9 Å². The molecule has 2 aromatic heterocycles. The summed E-state index contributed by atoms with van der Waals surface area (Å²) in [6.45, 7) is 3.51. The van der Waals surface area contributed by atoms with E-state index < -0.39 is 32.4 Å². The summed E-state index contributed by atoms with van der Waals surface area (Å²) in [5.74, 6) is -4.98. The number of rotatable bonds is 4. The first kappa shape index (κ1) is 17.9. The van der Waals surface area contributed by atoms with Gasteiger partial charge in [-0.2, -0.15) is 5.10 Å². The van der Waals surface area contributed by atoms with Gasteiger partial charge in [-0.25, -0.2) is 31.3 Å². The average Bonchev–Trinajstić information content (AvgIpc) is 2.91. The second kappa shape index (κ2) is 6.45. The van der Waals surface area contributed by atoms with E-state index in [0.717, 1.165) is 0 Å². The number of anilines is 1.